The number of allylic oxidation sites excluding steroid dienone is 6. The Morgan fingerprint density at radius 1 is 1.03 bits per heavy atom. The van der Waals surface area contributed by atoms with Gasteiger partial charge in [-0.25, -0.2) is 0 Å². The van der Waals surface area contributed by atoms with Crippen LogP contribution >= 0.6 is 0 Å². The van der Waals surface area contributed by atoms with Crippen molar-refractivity contribution >= 4 is 22.6 Å². The van der Waals surface area contributed by atoms with E-state index in [4.69, 9.17) is 4.42 Å². The van der Waals surface area contributed by atoms with E-state index in [1.807, 2.05) is 18.4 Å². The van der Waals surface area contributed by atoms with Gasteiger partial charge in [0, 0.05) is 24.0 Å². The summed E-state index contributed by atoms with van der Waals surface area (Å²) in [6.07, 6.45) is 18.0. The van der Waals surface area contributed by atoms with E-state index in [9.17, 15) is 0 Å². The molecule has 0 spiro atoms. The molecule has 2 aromatic carbocycles. The van der Waals surface area contributed by atoms with Gasteiger partial charge in [0.05, 0.1) is 6.26 Å². The average Bonchev–Trinajstić information content (AvgIpc) is 3.17. The van der Waals surface area contributed by atoms with Crippen LogP contribution < -0.4 is 0 Å². The van der Waals surface area contributed by atoms with Gasteiger partial charge < -0.3 is 4.42 Å². The van der Waals surface area contributed by atoms with Gasteiger partial charge in [0.1, 0.15) is 5.58 Å². The van der Waals surface area contributed by atoms with E-state index >= 15 is 0 Å². The fourth-order valence-electron chi connectivity index (χ4n) is 3.46. The fraction of sp³-hybridized carbons (Fsp3) is 0.214. The van der Waals surface area contributed by atoms with Crippen LogP contribution in [0, 0.1) is 0 Å². The van der Waals surface area contributed by atoms with Gasteiger partial charge in [0.15, 0.2) is 0 Å². The van der Waals surface area contributed by atoms with Crippen molar-refractivity contribution in [2.24, 2.45) is 0 Å². The van der Waals surface area contributed by atoms with E-state index in [0.717, 1.165) is 25.1 Å². The molecule has 3 rings (SSSR count). The first-order valence-corrected chi connectivity index (χ1v) is 10.6. The number of benzene rings is 2. The third-order valence-electron chi connectivity index (χ3n) is 4.97. The lowest BCUT2D eigenvalue weighted by Gasteiger charge is -2.12. The Hall–Kier alpha value is -3.10. The van der Waals surface area contributed by atoms with Crippen LogP contribution in [0.2, 0.25) is 0 Å². The minimum atomic E-state index is 0.867. The highest BCUT2D eigenvalue weighted by Gasteiger charge is 2.06. The molecule has 0 N–H and O–H groups in total. The van der Waals surface area contributed by atoms with E-state index < -0.39 is 0 Å². The molecule has 2 nitrogen and oxygen atoms in total. The van der Waals surface area contributed by atoms with Crippen LogP contribution in [0.15, 0.2) is 95.7 Å². The van der Waals surface area contributed by atoms with Crippen molar-refractivity contribution in [3.05, 3.63) is 108 Å². The van der Waals surface area contributed by atoms with Gasteiger partial charge >= 0.3 is 0 Å². The number of furan rings is 1. The van der Waals surface area contributed by atoms with Gasteiger partial charge in [0.25, 0.3) is 0 Å². The Morgan fingerprint density at radius 2 is 1.83 bits per heavy atom. The van der Waals surface area contributed by atoms with Gasteiger partial charge in [-0.1, -0.05) is 91.9 Å². The van der Waals surface area contributed by atoms with Crippen LogP contribution in [0.5, 0.6) is 0 Å². The van der Waals surface area contributed by atoms with E-state index in [2.05, 4.69) is 105 Å². The highest BCUT2D eigenvalue weighted by atomic mass is 16.3. The maximum absolute atomic E-state index is 5.63. The molecular weight excluding hydrogens is 366 g/mol. The summed E-state index contributed by atoms with van der Waals surface area (Å²) in [6, 6.07) is 16.9. The first kappa shape index (κ1) is 21.6. The molecular formula is C28H31NO. The molecule has 0 amide bonds. The van der Waals surface area contributed by atoms with Crippen LogP contribution in [0.3, 0.4) is 0 Å². The first-order valence-electron chi connectivity index (χ1n) is 10.6. The van der Waals surface area contributed by atoms with Crippen LogP contribution in [-0.4, -0.2) is 18.5 Å². The Bertz CT molecular complexity index is 1050. The maximum atomic E-state index is 5.63. The van der Waals surface area contributed by atoms with Gasteiger partial charge in [-0.2, -0.15) is 0 Å². The highest BCUT2D eigenvalue weighted by Crippen LogP contribution is 2.21. The lowest BCUT2D eigenvalue weighted by atomic mass is 10.0. The topological polar surface area (TPSA) is 16.4 Å². The molecule has 0 aliphatic carbocycles. The van der Waals surface area contributed by atoms with Gasteiger partial charge in [-0.3, -0.25) is 4.90 Å². The van der Waals surface area contributed by atoms with Crippen LogP contribution in [-0.2, 0) is 6.54 Å². The monoisotopic (exact) mass is 397 g/mol. The highest BCUT2D eigenvalue weighted by molar-refractivity contribution is 5.80. The molecule has 154 valence electrons. The summed E-state index contributed by atoms with van der Waals surface area (Å²) in [5.74, 6) is 0. The SMILES string of the molecule is C/C=C\C(=C/CC)c1ccc(/C=C/C=C/CN(C)Cc2coc3ccccc23)cc1. The standard InChI is InChI=1S/C28H31NO/c1-4-11-24(12-5-2)25-18-16-23(17-19-25)13-7-6-10-20-29(3)21-26-22-30-28-15-9-8-14-27(26)28/h4,6-19,22H,5,20-21H2,1-3H3/b10-6+,11-4-,13-7+,24-12+. The molecule has 0 unspecified atom stereocenters. The Kier molecular flexibility index (Phi) is 8.05. The molecule has 0 saturated heterocycles. The molecule has 2 heteroatoms. The average molecular weight is 398 g/mol. The molecule has 3 aromatic rings. The molecule has 0 saturated carbocycles. The lowest BCUT2D eigenvalue weighted by molar-refractivity contribution is 0.362. The maximum Gasteiger partial charge on any atom is 0.134 e. The second-order valence-electron chi connectivity index (χ2n) is 7.43. The van der Waals surface area contributed by atoms with Gasteiger partial charge in [-0.05, 0) is 43.2 Å². The third-order valence-corrected chi connectivity index (χ3v) is 4.97. The molecule has 1 aromatic heterocycles. The van der Waals surface area contributed by atoms with E-state index in [1.54, 1.807) is 0 Å². The number of hydrogen-bond donors (Lipinski definition) is 0. The summed E-state index contributed by atoms with van der Waals surface area (Å²) in [7, 11) is 2.13. The lowest BCUT2D eigenvalue weighted by Crippen LogP contribution is -2.17. The molecule has 30 heavy (non-hydrogen) atoms. The van der Waals surface area contributed by atoms with Gasteiger partial charge in [0.2, 0.25) is 0 Å². The van der Waals surface area contributed by atoms with E-state index in [1.165, 1.54) is 27.6 Å². The first-order chi connectivity index (χ1) is 14.7. The van der Waals surface area contributed by atoms with Crippen molar-refractivity contribution in [1.29, 1.82) is 0 Å². The molecule has 0 bridgehead atoms. The number of likely N-dealkylation sites (N-methyl/N-ethyl adjacent to an activating group) is 1. The van der Waals surface area contributed by atoms with Gasteiger partial charge in [-0.15, -0.1) is 0 Å². The molecule has 0 aliphatic rings. The van der Waals surface area contributed by atoms with Crippen molar-refractivity contribution in [3.8, 4) is 0 Å². The smallest absolute Gasteiger partial charge is 0.134 e. The molecule has 0 radical (unpaired) electrons. The zero-order chi connectivity index (χ0) is 21.2. The van der Waals surface area contributed by atoms with Crippen molar-refractivity contribution in [3.63, 3.8) is 0 Å². The predicted octanol–water partition coefficient (Wildman–Crippen LogP) is 7.50. The number of para-hydroxylation sites is 1. The zero-order valence-electron chi connectivity index (χ0n) is 18.2. The Morgan fingerprint density at radius 3 is 2.60 bits per heavy atom. The largest absolute Gasteiger partial charge is 0.464 e. The number of rotatable bonds is 9. The summed E-state index contributed by atoms with van der Waals surface area (Å²) in [4.78, 5) is 2.28. The van der Waals surface area contributed by atoms with Crippen molar-refractivity contribution in [1.82, 2.24) is 4.90 Å². The minimum absolute atomic E-state index is 0.867. The summed E-state index contributed by atoms with van der Waals surface area (Å²) >= 11 is 0. The quantitative estimate of drug-likeness (QED) is 0.347. The van der Waals surface area contributed by atoms with E-state index in [0.29, 0.717) is 0 Å². The summed E-state index contributed by atoms with van der Waals surface area (Å²) < 4.78 is 5.63. The number of fused-ring (bicyclic) bond motifs is 1. The fourth-order valence-corrected chi connectivity index (χ4v) is 3.46. The summed E-state index contributed by atoms with van der Waals surface area (Å²) in [5.41, 5.74) is 5.93. The summed E-state index contributed by atoms with van der Waals surface area (Å²) in [5, 5.41) is 1.20. The normalized spacial score (nSPS) is 13.0. The number of nitrogens with zero attached hydrogens (tertiary/aromatic N) is 1. The third kappa shape index (κ3) is 5.95. The molecule has 0 fully saturated rings. The second-order valence-corrected chi connectivity index (χ2v) is 7.43. The molecule has 0 aliphatic heterocycles. The summed E-state index contributed by atoms with van der Waals surface area (Å²) in [6.45, 7) is 5.98. The molecule has 1 heterocycles. The minimum Gasteiger partial charge on any atom is -0.464 e. The van der Waals surface area contributed by atoms with Crippen molar-refractivity contribution in [2.75, 3.05) is 13.6 Å². The Balaban J connectivity index is 1.51. The van der Waals surface area contributed by atoms with Crippen molar-refractivity contribution < 1.29 is 4.42 Å². The van der Waals surface area contributed by atoms with E-state index in [-0.39, 0.29) is 0 Å². The van der Waals surface area contributed by atoms with Crippen LogP contribution in [0.1, 0.15) is 37.0 Å². The number of hydrogen-bond acceptors (Lipinski definition) is 2. The van der Waals surface area contributed by atoms with Crippen molar-refractivity contribution in [2.45, 2.75) is 26.8 Å². The zero-order valence-corrected chi connectivity index (χ0v) is 18.2. The van der Waals surface area contributed by atoms with Crippen LogP contribution in [0.25, 0.3) is 22.6 Å². The second kappa shape index (κ2) is 11.2. The predicted molar refractivity (Wildman–Crippen MR) is 130 cm³/mol. The molecule has 0 atom stereocenters. The van der Waals surface area contributed by atoms with Crippen LogP contribution in [0.4, 0.5) is 0 Å². The Labute approximate surface area is 180 Å².